The van der Waals surface area contributed by atoms with Gasteiger partial charge in [0.1, 0.15) is 5.75 Å². The second-order valence-electron chi connectivity index (χ2n) is 3.36. The SMILES string of the molecule is FC(F)(F)Oc1ccc(N=Cc2ccsc2)cc1. The van der Waals surface area contributed by atoms with Gasteiger partial charge < -0.3 is 4.74 Å². The molecule has 0 amide bonds. The van der Waals surface area contributed by atoms with E-state index < -0.39 is 6.36 Å². The molecule has 0 spiro atoms. The second kappa shape index (κ2) is 5.22. The van der Waals surface area contributed by atoms with Gasteiger partial charge in [-0.1, -0.05) is 0 Å². The van der Waals surface area contributed by atoms with Gasteiger partial charge in [0.05, 0.1) is 5.69 Å². The first kappa shape index (κ1) is 12.6. The molecule has 0 fully saturated rings. The minimum Gasteiger partial charge on any atom is -0.406 e. The number of thiophene rings is 1. The van der Waals surface area contributed by atoms with Gasteiger partial charge in [-0.05, 0) is 41.1 Å². The fourth-order valence-electron chi connectivity index (χ4n) is 1.23. The molecule has 18 heavy (non-hydrogen) atoms. The third-order valence-corrected chi connectivity index (χ3v) is 2.68. The minimum atomic E-state index is -4.67. The Balaban J connectivity index is 2.04. The number of rotatable bonds is 3. The van der Waals surface area contributed by atoms with Gasteiger partial charge in [0.15, 0.2) is 0 Å². The molecule has 94 valence electrons. The minimum absolute atomic E-state index is 0.253. The smallest absolute Gasteiger partial charge is 0.406 e. The molecule has 0 bridgehead atoms. The molecular weight excluding hydrogens is 263 g/mol. The highest BCUT2D eigenvalue weighted by molar-refractivity contribution is 7.08. The highest BCUT2D eigenvalue weighted by Crippen LogP contribution is 2.24. The number of aliphatic imine (C=N–C) groups is 1. The third-order valence-electron chi connectivity index (χ3n) is 1.98. The highest BCUT2D eigenvalue weighted by atomic mass is 32.1. The molecule has 0 unspecified atom stereocenters. The average molecular weight is 271 g/mol. The Labute approximate surface area is 105 Å². The molecule has 0 atom stereocenters. The van der Waals surface area contributed by atoms with Crippen LogP contribution >= 0.6 is 11.3 Å². The first-order chi connectivity index (χ1) is 8.53. The van der Waals surface area contributed by atoms with Crippen molar-refractivity contribution in [2.24, 2.45) is 4.99 Å². The van der Waals surface area contributed by atoms with Gasteiger partial charge >= 0.3 is 6.36 Å². The zero-order chi connectivity index (χ0) is 13.0. The summed E-state index contributed by atoms with van der Waals surface area (Å²) in [6, 6.07) is 7.28. The van der Waals surface area contributed by atoms with E-state index in [0.29, 0.717) is 5.69 Å². The lowest BCUT2D eigenvalue weighted by Gasteiger charge is -2.08. The van der Waals surface area contributed by atoms with E-state index >= 15 is 0 Å². The third kappa shape index (κ3) is 3.89. The van der Waals surface area contributed by atoms with Crippen molar-refractivity contribution in [1.29, 1.82) is 0 Å². The molecule has 0 radical (unpaired) electrons. The fourth-order valence-corrected chi connectivity index (χ4v) is 1.84. The van der Waals surface area contributed by atoms with Crippen LogP contribution in [0.2, 0.25) is 0 Å². The largest absolute Gasteiger partial charge is 0.573 e. The van der Waals surface area contributed by atoms with Gasteiger partial charge in [-0.3, -0.25) is 4.99 Å². The van der Waals surface area contributed by atoms with E-state index in [0.717, 1.165) is 5.56 Å². The van der Waals surface area contributed by atoms with Crippen molar-refractivity contribution in [3.63, 3.8) is 0 Å². The van der Waals surface area contributed by atoms with E-state index in [1.807, 2.05) is 16.8 Å². The maximum absolute atomic E-state index is 11.9. The van der Waals surface area contributed by atoms with Gasteiger partial charge in [-0.25, -0.2) is 0 Å². The summed E-state index contributed by atoms with van der Waals surface area (Å²) in [4.78, 5) is 4.13. The van der Waals surface area contributed by atoms with Crippen molar-refractivity contribution in [3.8, 4) is 5.75 Å². The number of alkyl halides is 3. The summed E-state index contributed by atoms with van der Waals surface area (Å²) in [6.07, 6.45) is -3.02. The van der Waals surface area contributed by atoms with Gasteiger partial charge in [-0.15, -0.1) is 13.2 Å². The maximum Gasteiger partial charge on any atom is 0.573 e. The van der Waals surface area contributed by atoms with Crippen LogP contribution < -0.4 is 4.74 Å². The summed E-state index contributed by atoms with van der Waals surface area (Å²) in [6.45, 7) is 0. The van der Waals surface area contributed by atoms with Gasteiger partial charge in [0, 0.05) is 11.8 Å². The van der Waals surface area contributed by atoms with Gasteiger partial charge in [0.25, 0.3) is 0 Å². The van der Waals surface area contributed by atoms with Crippen molar-refractivity contribution < 1.29 is 17.9 Å². The van der Waals surface area contributed by atoms with Crippen molar-refractivity contribution in [2.45, 2.75) is 6.36 Å². The van der Waals surface area contributed by atoms with E-state index in [1.54, 1.807) is 17.6 Å². The topological polar surface area (TPSA) is 21.6 Å². The number of hydrogen-bond donors (Lipinski definition) is 0. The van der Waals surface area contributed by atoms with Crippen LogP contribution in [-0.2, 0) is 0 Å². The molecular formula is C12H8F3NOS. The van der Waals surface area contributed by atoms with E-state index in [1.165, 1.54) is 24.3 Å². The van der Waals surface area contributed by atoms with E-state index in [-0.39, 0.29) is 5.75 Å². The Bertz CT molecular complexity index is 517. The predicted octanol–water partition coefficient (Wildman–Crippen LogP) is 4.40. The zero-order valence-corrected chi connectivity index (χ0v) is 9.83. The molecule has 6 heteroatoms. The number of hydrogen-bond acceptors (Lipinski definition) is 3. The molecule has 1 heterocycles. The number of nitrogens with zero attached hydrogens (tertiary/aromatic N) is 1. The Hall–Kier alpha value is -1.82. The van der Waals surface area contributed by atoms with Crippen LogP contribution in [0.3, 0.4) is 0 Å². The lowest BCUT2D eigenvalue weighted by molar-refractivity contribution is -0.274. The lowest BCUT2D eigenvalue weighted by Crippen LogP contribution is -2.16. The molecule has 0 aliphatic heterocycles. The molecule has 0 aliphatic carbocycles. The van der Waals surface area contributed by atoms with Crippen LogP contribution in [0.5, 0.6) is 5.75 Å². The number of halogens is 3. The number of ether oxygens (including phenoxy) is 1. The molecule has 1 aromatic carbocycles. The van der Waals surface area contributed by atoms with Crippen molar-refractivity contribution in [2.75, 3.05) is 0 Å². The predicted molar refractivity (Wildman–Crippen MR) is 64.7 cm³/mol. The van der Waals surface area contributed by atoms with Crippen LogP contribution in [0.4, 0.5) is 18.9 Å². The first-order valence-corrected chi connectivity index (χ1v) is 5.89. The van der Waals surface area contributed by atoms with E-state index in [4.69, 9.17) is 0 Å². The second-order valence-corrected chi connectivity index (χ2v) is 4.14. The van der Waals surface area contributed by atoms with Crippen molar-refractivity contribution >= 4 is 23.2 Å². The normalized spacial score (nSPS) is 11.9. The summed E-state index contributed by atoms with van der Waals surface area (Å²) >= 11 is 1.55. The molecule has 0 aliphatic rings. The summed E-state index contributed by atoms with van der Waals surface area (Å²) in [5.41, 5.74) is 1.52. The number of benzene rings is 1. The fraction of sp³-hybridized carbons (Fsp3) is 0.0833. The van der Waals surface area contributed by atoms with Crippen LogP contribution in [0, 0.1) is 0 Å². The van der Waals surface area contributed by atoms with Crippen LogP contribution in [0.15, 0.2) is 46.1 Å². The van der Waals surface area contributed by atoms with Crippen LogP contribution in [-0.4, -0.2) is 12.6 Å². The Morgan fingerprint density at radius 2 is 1.83 bits per heavy atom. The van der Waals surface area contributed by atoms with Crippen LogP contribution in [0.1, 0.15) is 5.56 Å². The Morgan fingerprint density at radius 1 is 1.11 bits per heavy atom. The monoisotopic (exact) mass is 271 g/mol. The zero-order valence-electron chi connectivity index (χ0n) is 9.02. The van der Waals surface area contributed by atoms with Gasteiger partial charge in [-0.2, -0.15) is 11.3 Å². The van der Waals surface area contributed by atoms with E-state index in [9.17, 15) is 13.2 Å². The molecule has 2 aromatic rings. The molecule has 1 aromatic heterocycles. The summed E-state index contributed by atoms with van der Waals surface area (Å²) in [5, 5.41) is 3.84. The summed E-state index contributed by atoms with van der Waals surface area (Å²) in [5.74, 6) is -0.253. The quantitative estimate of drug-likeness (QED) is 0.758. The van der Waals surface area contributed by atoms with Crippen molar-refractivity contribution in [3.05, 3.63) is 46.7 Å². The Morgan fingerprint density at radius 3 is 2.39 bits per heavy atom. The summed E-state index contributed by atoms with van der Waals surface area (Å²) < 4.78 is 39.5. The van der Waals surface area contributed by atoms with Gasteiger partial charge in [0.2, 0.25) is 0 Å². The molecule has 0 saturated heterocycles. The standard InChI is InChI=1S/C12H8F3NOS/c13-12(14,15)17-11-3-1-10(2-4-11)16-7-9-5-6-18-8-9/h1-8H. The average Bonchev–Trinajstić information content (AvgIpc) is 2.79. The molecule has 0 N–H and O–H groups in total. The van der Waals surface area contributed by atoms with Crippen molar-refractivity contribution in [1.82, 2.24) is 0 Å². The Kier molecular flexibility index (Phi) is 3.66. The summed E-state index contributed by atoms with van der Waals surface area (Å²) in [7, 11) is 0. The maximum atomic E-state index is 11.9. The van der Waals surface area contributed by atoms with Crippen LogP contribution in [0.25, 0.3) is 0 Å². The molecule has 2 rings (SSSR count). The lowest BCUT2D eigenvalue weighted by atomic mass is 10.3. The highest BCUT2D eigenvalue weighted by Gasteiger charge is 2.30. The first-order valence-electron chi connectivity index (χ1n) is 4.95. The molecule has 0 saturated carbocycles. The van der Waals surface area contributed by atoms with E-state index in [2.05, 4.69) is 9.73 Å². The molecule has 2 nitrogen and oxygen atoms in total.